The zero-order valence-electron chi connectivity index (χ0n) is 17.2. The number of anilines is 1. The van der Waals surface area contributed by atoms with Crippen LogP contribution in [0.1, 0.15) is 23.1 Å². The summed E-state index contributed by atoms with van der Waals surface area (Å²) in [6.07, 6.45) is 5.31. The lowest BCUT2D eigenvalue weighted by molar-refractivity contribution is 0.430. The van der Waals surface area contributed by atoms with Crippen LogP contribution >= 0.6 is 12.2 Å². The summed E-state index contributed by atoms with van der Waals surface area (Å²) in [7, 11) is 3.76. The van der Waals surface area contributed by atoms with Crippen LogP contribution in [0.3, 0.4) is 0 Å². The fourth-order valence-electron chi connectivity index (χ4n) is 4.04. The second-order valence-corrected chi connectivity index (χ2v) is 8.79. The minimum absolute atomic E-state index is 0.0664. The van der Waals surface area contributed by atoms with Gasteiger partial charge in [0.05, 0.1) is 24.9 Å². The number of rotatable bonds is 6. The molecule has 0 radical (unpaired) electrons. The van der Waals surface area contributed by atoms with Crippen molar-refractivity contribution in [3.05, 3.63) is 59.0 Å². The van der Waals surface area contributed by atoms with Crippen LogP contribution in [0.4, 0.5) is 10.1 Å². The van der Waals surface area contributed by atoms with E-state index in [1.54, 1.807) is 19.2 Å². The van der Waals surface area contributed by atoms with Gasteiger partial charge in [0, 0.05) is 44.5 Å². The Morgan fingerprint density at radius 1 is 1.30 bits per heavy atom. The lowest BCUT2D eigenvalue weighted by atomic mass is 9.94. The van der Waals surface area contributed by atoms with E-state index in [0.29, 0.717) is 5.92 Å². The average Bonchev–Trinajstić information content (AvgIpc) is 3.20. The molecule has 2 aromatic carbocycles. The molecule has 1 unspecified atom stereocenters. The molecule has 1 saturated heterocycles. The molecule has 0 aromatic heterocycles. The maximum atomic E-state index is 13.8. The van der Waals surface area contributed by atoms with Gasteiger partial charge in [-0.05, 0) is 65.6 Å². The fraction of sp³-hybridized carbons (Fsp3) is 0.348. The first-order valence-corrected chi connectivity index (χ1v) is 10.7. The van der Waals surface area contributed by atoms with E-state index in [4.69, 9.17) is 4.18 Å². The van der Waals surface area contributed by atoms with Crippen molar-refractivity contribution < 1.29 is 8.57 Å². The van der Waals surface area contributed by atoms with Gasteiger partial charge in [-0.15, -0.1) is 0 Å². The van der Waals surface area contributed by atoms with Crippen molar-refractivity contribution in [1.29, 1.82) is 5.26 Å². The zero-order valence-corrected chi connectivity index (χ0v) is 18.0. The van der Waals surface area contributed by atoms with Gasteiger partial charge in [0.25, 0.3) is 0 Å². The number of hydrogen-bond donors (Lipinski definition) is 1. The maximum absolute atomic E-state index is 13.8. The second-order valence-electron chi connectivity index (χ2n) is 7.79. The summed E-state index contributed by atoms with van der Waals surface area (Å²) in [5, 5.41) is 12.9. The van der Waals surface area contributed by atoms with Gasteiger partial charge in [-0.3, -0.25) is 0 Å². The van der Waals surface area contributed by atoms with Crippen molar-refractivity contribution in [2.45, 2.75) is 13.0 Å². The predicted octanol–water partition coefficient (Wildman–Crippen LogP) is 4.72. The monoisotopic (exact) mass is 424 g/mol. The third kappa shape index (κ3) is 4.46. The molecule has 0 amide bonds. The molecule has 2 aromatic rings. The fourth-order valence-corrected chi connectivity index (χ4v) is 4.70. The minimum atomic E-state index is -0.487. The number of nitriles is 1. The molecule has 1 atom stereocenters. The number of fused-ring (bicyclic) bond motifs is 1. The average molecular weight is 425 g/mol. The van der Waals surface area contributed by atoms with Crippen LogP contribution in [0.5, 0.6) is 0 Å². The highest BCUT2D eigenvalue weighted by Crippen LogP contribution is 2.34. The van der Waals surface area contributed by atoms with Crippen LogP contribution in [0.25, 0.3) is 17.2 Å². The molecule has 7 heteroatoms. The van der Waals surface area contributed by atoms with E-state index in [9.17, 15) is 9.65 Å². The third-order valence-corrected chi connectivity index (χ3v) is 6.32. The normalized spacial score (nSPS) is 18.3. The zero-order chi connectivity index (χ0) is 21.1. The molecule has 0 bridgehead atoms. The summed E-state index contributed by atoms with van der Waals surface area (Å²) in [4.78, 5) is 2.16. The van der Waals surface area contributed by atoms with Crippen LogP contribution < -0.4 is 5.32 Å². The van der Waals surface area contributed by atoms with Crippen molar-refractivity contribution in [3.63, 3.8) is 0 Å². The Hall–Kier alpha value is -2.53. The summed E-state index contributed by atoms with van der Waals surface area (Å²) >= 11 is 1.42. The van der Waals surface area contributed by atoms with E-state index in [1.807, 2.05) is 6.07 Å². The predicted molar refractivity (Wildman–Crippen MR) is 120 cm³/mol. The van der Waals surface area contributed by atoms with Gasteiger partial charge in [0.1, 0.15) is 11.9 Å². The van der Waals surface area contributed by atoms with E-state index in [0.717, 1.165) is 55.0 Å². The van der Waals surface area contributed by atoms with Crippen molar-refractivity contribution in [1.82, 2.24) is 9.21 Å². The Bertz CT molecular complexity index is 1000. The summed E-state index contributed by atoms with van der Waals surface area (Å²) in [5.74, 6) is 0.0682. The molecule has 0 aliphatic carbocycles. The molecule has 1 N–H and O–H groups in total. The van der Waals surface area contributed by atoms with Gasteiger partial charge in [0.2, 0.25) is 0 Å². The van der Waals surface area contributed by atoms with Gasteiger partial charge in [-0.2, -0.15) is 5.26 Å². The molecule has 5 nitrogen and oxygen atoms in total. The summed E-state index contributed by atoms with van der Waals surface area (Å²) in [6, 6.07) is 10.9. The van der Waals surface area contributed by atoms with Crippen LogP contribution in [0.15, 0.2) is 36.5 Å². The molecule has 30 heavy (non-hydrogen) atoms. The Kier molecular flexibility index (Phi) is 6.28. The summed E-state index contributed by atoms with van der Waals surface area (Å²) in [6.45, 7) is 3.74. The number of nitrogens with zero attached hydrogens (tertiary/aromatic N) is 3. The number of benzene rings is 2. The maximum Gasteiger partial charge on any atom is 0.140 e. The Morgan fingerprint density at radius 2 is 2.17 bits per heavy atom. The van der Waals surface area contributed by atoms with Crippen LogP contribution in [-0.4, -0.2) is 43.0 Å². The van der Waals surface area contributed by atoms with Gasteiger partial charge >= 0.3 is 0 Å². The lowest BCUT2D eigenvalue weighted by Gasteiger charge is -2.25. The summed E-state index contributed by atoms with van der Waals surface area (Å²) in [5.41, 5.74) is 5.39. The number of halogens is 1. The third-order valence-electron chi connectivity index (χ3n) is 5.63. The molecule has 2 aliphatic rings. The van der Waals surface area contributed by atoms with Crippen molar-refractivity contribution in [2.75, 3.05) is 39.1 Å². The Balaban J connectivity index is 1.62. The first kappa shape index (κ1) is 20.7. The first-order chi connectivity index (χ1) is 14.6. The highest BCUT2D eigenvalue weighted by atomic mass is 32.2. The van der Waals surface area contributed by atoms with Crippen molar-refractivity contribution in [2.24, 2.45) is 5.92 Å². The summed E-state index contributed by atoms with van der Waals surface area (Å²) < 4.78 is 21.2. The number of hydrogen-bond acceptors (Lipinski definition) is 6. The topological polar surface area (TPSA) is 51.5 Å². The van der Waals surface area contributed by atoms with Gasteiger partial charge in [-0.25, -0.2) is 8.70 Å². The van der Waals surface area contributed by atoms with E-state index >= 15 is 0 Å². The van der Waals surface area contributed by atoms with Crippen LogP contribution in [0, 0.1) is 23.1 Å². The largest absolute Gasteiger partial charge is 0.384 e. The quantitative estimate of drug-likeness (QED) is 0.535. The highest BCUT2D eigenvalue weighted by Gasteiger charge is 2.24. The molecular formula is C23H25FN4OS. The molecule has 0 spiro atoms. The Morgan fingerprint density at radius 3 is 2.97 bits per heavy atom. The molecular weight excluding hydrogens is 399 g/mol. The standard InChI is InChI=1S/C23H25FN4OS/c1-27-7-6-18-10-19(17-3-4-22(24)20(9-17)12-25)11-23(21(18)15-27)26-13-16-5-8-28(14-16)30-29-2/h3-4,6-7,9-11,16,26H,5,8,13-15H2,1-2H3. The van der Waals surface area contributed by atoms with Gasteiger partial charge < -0.3 is 14.4 Å². The molecule has 4 rings (SSSR count). The molecule has 2 aliphatic heterocycles. The SMILES string of the molecule is COSN1CCC(CNc2cc(-c3ccc(F)c(C#N)c3)cc3c2CN(C)C=C3)C1. The van der Waals surface area contributed by atoms with E-state index < -0.39 is 5.82 Å². The molecule has 1 fully saturated rings. The van der Waals surface area contributed by atoms with Gasteiger partial charge in [0.15, 0.2) is 0 Å². The minimum Gasteiger partial charge on any atom is -0.384 e. The lowest BCUT2D eigenvalue weighted by Crippen LogP contribution is -2.21. The van der Waals surface area contributed by atoms with Crippen molar-refractivity contribution >= 4 is 24.0 Å². The molecule has 2 heterocycles. The molecule has 0 saturated carbocycles. The Labute approximate surface area is 181 Å². The van der Waals surface area contributed by atoms with Crippen molar-refractivity contribution in [3.8, 4) is 17.2 Å². The number of nitrogens with one attached hydrogen (secondary N) is 1. The molecule has 156 valence electrons. The van der Waals surface area contributed by atoms with Crippen LogP contribution in [0.2, 0.25) is 0 Å². The van der Waals surface area contributed by atoms with E-state index in [2.05, 4.69) is 46.0 Å². The van der Waals surface area contributed by atoms with Gasteiger partial charge in [-0.1, -0.05) is 6.07 Å². The van der Waals surface area contributed by atoms with E-state index in [1.165, 1.54) is 23.9 Å². The first-order valence-electron chi connectivity index (χ1n) is 10.0. The van der Waals surface area contributed by atoms with E-state index in [-0.39, 0.29) is 5.56 Å². The smallest absolute Gasteiger partial charge is 0.140 e. The highest BCUT2D eigenvalue weighted by molar-refractivity contribution is 7.92. The van der Waals surface area contributed by atoms with Crippen LogP contribution in [-0.2, 0) is 10.7 Å². The second kappa shape index (κ2) is 9.09.